The number of hydrogen-bond donors (Lipinski definition) is 0. The number of amides is 1. The highest BCUT2D eigenvalue weighted by molar-refractivity contribution is 8.00. The Hall–Kier alpha value is -1.86. The summed E-state index contributed by atoms with van der Waals surface area (Å²) in [6, 6.07) is 12.7. The summed E-state index contributed by atoms with van der Waals surface area (Å²) in [7, 11) is 0. The Morgan fingerprint density at radius 1 is 1.07 bits per heavy atom. The Labute approximate surface area is 171 Å². The molecular weight excluding hydrogens is 409 g/mol. The lowest BCUT2D eigenvalue weighted by Crippen LogP contribution is -2.50. The van der Waals surface area contributed by atoms with Gasteiger partial charge in [-0.15, -0.1) is 11.8 Å². The Morgan fingerprint density at radius 3 is 2.39 bits per heavy atom. The number of thioether (sulfide) groups is 1. The summed E-state index contributed by atoms with van der Waals surface area (Å²) in [5, 5.41) is 0.359. The number of anilines is 1. The molecule has 3 rings (SSSR count). The normalized spacial score (nSPS) is 16.2. The van der Waals surface area contributed by atoms with E-state index in [1.165, 1.54) is 17.8 Å². The molecule has 0 spiro atoms. The van der Waals surface area contributed by atoms with Gasteiger partial charge < -0.3 is 9.80 Å². The van der Waals surface area contributed by atoms with Gasteiger partial charge in [-0.2, -0.15) is 13.2 Å². The molecule has 2 aromatic rings. The van der Waals surface area contributed by atoms with E-state index in [2.05, 4.69) is 0 Å². The Kier molecular flexibility index (Phi) is 6.45. The molecule has 2 aromatic carbocycles. The fourth-order valence-corrected chi connectivity index (χ4v) is 4.38. The number of benzene rings is 2. The third-order valence-corrected chi connectivity index (χ3v) is 5.90. The molecule has 0 bridgehead atoms. The molecule has 1 heterocycles. The summed E-state index contributed by atoms with van der Waals surface area (Å²) in [4.78, 5) is 17.3. The Bertz CT molecular complexity index is 838. The standard InChI is InChI=1S/C20H20ClF3N2OS/c1-14(28-18-7-3-5-16(21)13-18)19(27)26-10-8-25(9-11-26)17-6-2-4-15(12-17)20(22,23)24/h2-7,12-14H,8-11H2,1H3. The van der Waals surface area contributed by atoms with Crippen LogP contribution in [0.25, 0.3) is 0 Å². The molecule has 1 amide bonds. The molecule has 1 saturated heterocycles. The van der Waals surface area contributed by atoms with Gasteiger partial charge in [0.05, 0.1) is 10.8 Å². The van der Waals surface area contributed by atoms with Crippen molar-refractivity contribution < 1.29 is 18.0 Å². The summed E-state index contributed by atoms with van der Waals surface area (Å²) < 4.78 is 38.7. The van der Waals surface area contributed by atoms with Crippen molar-refractivity contribution in [3.8, 4) is 0 Å². The van der Waals surface area contributed by atoms with Gasteiger partial charge in [-0.3, -0.25) is 4.79 Å². The van der Waals surface area contributed by atoms with Crippen molar-refractivity contribution in [1.82, 2.24) is 4.90 Å². The second-order valence-corrected chi connectivity index (χ2v) is 8.43. The zero-order valence-electron chi connectivity index (χ0n) is 15.2. The first kappa shape index (κ1) is 20.9. The summed E-state index contributed by atoms with van der Waals surface area (Å²) in [6.07, 6.45) is -4.36. The molecule has 0 N–H and O–H groups in total. The number of nitrogens with zero attached hydrogens (tertiary/aromatic N) is 2. The monoisotopic (exact) mass is 428 g/mol. The molecule has 0 aromatic heterocycles. The van der Waals surface area contributed by atoms with E-state index >= 15 is 0 Å². The van der Waals surface area contributed by atoms with Crippen LogP contribution in [-0.2, 0) is 11.0 Å². The third-order valence-electron chi connectivity index (χ3n) is 4.59. The van der Waals surface area contributed by atoms with Gasteiger partial charge in [-0.1, -0.05) is 23.7 Å². The topological polar surface area (TPSA) is 23.6 Å². The van der Waals surface area contributed by atoms with Crippen LogP contribution in [0.1, 0.15) is 12.5 Å². The second kappa shape index (κ2) is 8.66. The van der Waals surface area contributed by atoms with E-state index in [4.69, 9.17) is 11.6 Å². The number of rotatable bonds is 4. The number of carbonyl (C=O) groups is 1. The van der Waals surface area contributed by atoms with Gasteiger partial charge in [0.25, 0.3) is 0 Å². The number of carbonyl (C=O) groups excluding carboxylic acids is 1. The number of alkyl halides is 3. The van der Waals surface area contributed by atoms with E-state index in [1.807, 2.05) is 30.0 Å². The van der Waals surface area contributed by atoms with E-state index in [9.17, 15) is 18.0 Å². The maximum Gasteiger partial charge on any atom is 0.416 e. The molecule has 0 saturated carbocycles. The fraction of sp³-hybridized carbons (Fsp3) is 0.350. The Balaban J connectivity index is 1.58. The average Bonchev–Trinajstić information content (AvgIpc) is 2.67. The van der Waals surface area contributed by atoms with Crippen molar-refractivity contribution in [3.05, 3.63) is 59.1 Å². The minimum atomic E-state index is -4.36. The second-order valence-electron chi connectivity index (χ2n) is 6.58. The van der Waals surface area contributed by atoms with Gasteiger partial charge in [-0.25, -0.2) is 0 Å². The van der Waals surface area contributed by atoms with Crippen molar-refractivity contribution in [2.45, 2.75) is 23.2 Å². The van der Waals surface area contributed by atoms with Crippen LogP contribution in [0.15, 0.2) is 53.4 Å². The lowest BCUT2D eigenvalue weighted by atomic mass is 10.1. The molecule has 0 radical (unpaired) electrons. The molecule has 1 aliphatic heterocycles. The van der Waals surface area contributed by atoms with Gasteiger partial charge in [0, 0.05) is 41.8 Å². The molecule has 8 heteroatoms. The van der Waals surface area contributed by atoms with Crippen molar-refractivity contribution in [1.29, 1.82) is 0 Å². The third kappa shape index (κ3) is 5.14. The molecule has 28 heavy (non-hydrogen) atoms. The first-order valence-corrected chi connectivity index (χ1v) is 10.1. The summed E-state index contributed by atoms with van der Waals surface area (Å²) >= 11 is 7.43. The predicted octanol–water partition coefficient (Wildman–Crippen LogP) is 5.19. The van der Waals surface area contributed by atoms with Gasteiger partial charge in [0.15, 0.2) is 0 Å². The van der Waals surface area contributed by atoms with Crippen LogP contribution in [0.3, 0.4) is 0 Å². The van der Waals surface area contributed by atoms with E-state index in [0.29, 0.717) is 36.9 Å². The smallest absolute Gasteiger partial charge is 0.368 e. The molecule has 1 atom stereocenters. The zero-order valence-corrected chi connectivity index (χ0v) is 16.8. The van der Waals surface area contributed by atoms with Crippen LogP contribution in [-0.4, -0.2) is 42.2 Å². The van der Waals surface area contributed by atoms with E-state index < -0.39 is 11.7 Å². The lowest BCUT2D eigenvalue weighted by molar-refractivity contribution is -0.137. The first-order valence-electron chi connectivity index (χ1n) is 8.87. The van der Waals surface area contributed by atoms with Crippen LogP contribution in [0.2, 0.25) is 5.02 Å². The zero-order chi connectivity index (χ0) is 20.3. The fourth-order valence-electron chi connectivity index (χ4n) is 3.12. The van der Waals surface area contributed by atoms with Gasteiger partial charge in [0.1, 0.15) is 0 Å². The van der Waals surface area contributed by atoms with E-state index in [-0.39, 0.29) is 11.2 Å². The lowest BCUT2D eigenvalue weighted by Gasteiger charge is -2.37. The molecule has 1 aliphatic rings. The molecular formula is C20H20ClF3N2OS. The first-order chi connectivity index (χ1) is 13.2. The molecule has 1 fully saturated rings. The van der Waals surface area contributed by atoms with Crippen LogP contribution >= 0.6 is 23.4 Å². The molecule has 1 unspecified atom stereocenters. The van der Waals surface area contributed by atoms with Crippen LogP contribution in [0, 0.1) is 0 Å². The van der Waals surface area contributed by atoms with E-state index in [0.717, 1.165) is 17.0 Å². The quantitative estimate of drug-likeness (QED) is 0.626. The van der Waals surface area contributed by atoms with E-state index in [1.54, 1.807) is 17.0 Å². The maximum atomic E-state index is 12.9. The number of hydrogen-bond acceptors (Lipinski definition) is 3. The number of halogens is 4. The van der Waals surface area contributed by atoms with Crippen LogP contribution in [0.5, 0.6) is 0 Å². The molecule has 0 aliphatic carbocycles. The SMILES string of the molecule is CC(Sc1cccc(Cl)c1)C(=O)N1CCN(c2cccc(C(F)(F)F)c2)CC1. The number of piperazine rings is 1. The molecule has 3 nitrogen and oxygen atoms in total. The average molecular weight is 429 g/mol. The highest BCUT2D eigenvalue weighted by Gasteiger charge is 2.31. The minimum absolute atomic E-state index is 0.0219. The van der Waals surface area contributed by atoms with Gasteiger partial charge in [0.2, 0.25) is 5.91 Å². The Morgan fingerprint density at radius 2 is 1.75 bits per heavy atom. The maximum absolute atomic E-state index is 12.9. The summed E-state index contributed by atoms with van der Waals surface area (Å²) in [6.45, 7) is 3.82. The van der Waals surface area contributed by atoms with Gasteiger partial charge in [-0.05, 0) is 43.3 Å². The van der Waals surface area contributed by atoms with Gasteiger partial charge >= 0.3 is 6.18 Å². The minimum Gasteiger partial charge on any atom is -0.368 e. The van der Waals surface area contributed by atoms with Crippen molar-refractivity contribution in [3.63, 3.8) is 0 Å². The van der Waals surface area contributed by atoms with Crippen LogP contribution in [0.4, 0.5) is 18.9 Å². The van der Waals surface area contributed by atoms with Crippen molar-refractivity contribution >= 4 is 35.0 Å². The van der Waals surface area contributed by atoms with Crippen molar-refractivity contribution in [2.24, 2.45) is 0 Å². The van der Waals surface area contributed by atoms with Crippen molar-refractivity contribution in [2.75, 3.05) is 31.1 Å². The summed E-state index contributed by atoms with van der Waals surface area (Å²) in [5.41, 5.74) is -0.127. The van der Waals surface area contributed by atoms with Crippen LogP contribution < -0.4 is 4.90 Å². The highest BCUT2D eigenvalue weighted by Crippen LogP contribution is 2.32. The summed E-state index contributed by atoms with van der Waals surface area (Å²) in [5.74, 6) is 0.0219. The molecule has 150 valence electrons. The predicted molar refractivity (Wildman–Crippen MR) is 107 cm³/mol. The largest absolute Gasteiger partial charge is 0.416 e. The highest BCUT2D eigenvalue weighted by atomic mass is 35.5.